The monoisotopic (exact) mass is 481 g/mol. The van der Waals surface area contributed by atoms with Gasteiger partial charge in [0.05, 0.1) is 16.6 Å². The number of rotatable bonds is 6. The summed E-state index contributed by atoms with van der Waals surface area (Å²) < 4.78 is 20.9. The fourth-order valence-electron chi connectivity index (χ4n) is 3.90. The number of carbonyl (C=O) groups excluding carboxylic acids is 1. The molecule has 6 nitrogen and oxygen atoms in total. The molecule has 0 bridgehead atoms. The Hall–Kier alpha value is -2.84. The van der Waals surface area contributed by atoms with Crippen molar-refractivity contribution in [3.8, 4) is 0 Å². The summed E-state index contributed by atoms with van der Waals surface area (Å²) in [5.74, 6) is -0.558. The van der Waals surface area contributed by atoms with Crippen molar-refractivity contribution >= 4 is 25.0 Å². The Labute approximate surface area is 200 Å². The van der Waals surface area contributed by atoms with E-state index in [1.165, 1.54) is 6.07 Å². The largest absolute Gasteiger partial charge is 0.416 e. The van der Waals surface area contributed by atoms with Gasteiger partial charge in [0.2, 0.25) is 0 Å². The fraction of sp³-hybridized carbons (Fsp3) is 0.423. The van der Waals surface area contributed by atoms with E-state index in [-0.39, 0.29) is 28.0 Å². The number of H-pyrrole nitrogens is 1. The highest BCUT2D eigenvalue weighted by atomic mass is 28.4. The third kappa shape index (κ3) is 4.83. The molecule has 0 saturated carbocycles. The molecule has 8 heteroatoms. The van der Waals surface area contributed by atoms with E-state index in [1.807, 2.05) is 12.1 Å². The lowest BCUT2D eigenvalue weighted by molar-refractivity contribution is 0.0372. The van der Waals surface area contributed by atoms with Crippen molar-refractivity contribution in [1.29, 1.82) is 0 Å². The lowest BCUT2D eigenvalue weighted by Gasteiger charge is -2.43. The first-order chi connectivity index (χ1) is 16.0. The van der Waals surface area contributed by atoms with E-state index in [1.54, 1.807) is 29.2 Å². The van der Waals surface area contributed by atoms with E-state index in [4.69, 9.17) is 4.43 Å². The van der Waals surface area contributed by atoms with Crippen LogP contribution in [0.15, 0.2) is 47.3 Å². The van der Waals surface area contributed by atoms with Crippen LogP contribution in [0.1, 0.15) is 42.4 Å². The van der Waals surface area contributed by atoms with Gasteiger partial charge >= 0.3 is 0 Å². The average molecular weight is 482 g/mol. The third-order valence-electron chi connectivity index (χ3n) is 7.14. The minimum atomic E-state index is -1.83. The smallest absolute Gasteiger partial charge is 0.272 e. The van der Waals surface area contributed by atoms with Crippen molar-refractivity contribution in [2.45, 2.75) is 45.3 Å². The first kappa shape index (κ1) is 24.3. The summed E-state index contributed by atoms with van der Waals surface area (Å²) in [5, 5.41) is 8.15. The van der Waals surface area contributed by atoms with Crippen molar-refractivity contribution < 1.29 is 13.6 Å². The lowest BCUT2D eigenvalue weighted by atomic mass is 9.98. The van der Waals surface area contributed by atoms with Crippen LogP contribution in [0.4, 0.5) is 4.39 Å². The van der Waals surface area contributed by atoms with Crippen molar-refractivity contribution in [3.05, 3.63) is 75.5 Å². The van der Waals surface area contributed by atoms with Crippen LogP contribution in [0, 0.1) is 11.7 Å². The molecule has 2 aromatic carbocycles. The number of benzene rings is 2. The third-order valence-corrected chi connectivity index (χ3v) is 11.6. The number of fused-ring (bicyclic) bond motifs is 1. The number of carbonyl (C=O) groups is 1. The molecule has 1 aliphatic heterocycles. The van der Waals surface area contributed by atoms with Gasteiger partial charge in [-0.25, -0.2) is 9.49 Å². The topological polar surface area (TPSA) is 75.3 Å². The molecule has 2 heterocycles. The van der Waals surface area contributed by atoms with Crippen LogP contribution in [0.25, 0.3) is 10.8 Å². The van der Waals surface area contributed by atoms with E-state index < -0.39 is 14.1 Å². The maximum Gasteiger partial charge on any atom is 0.272 e. The highest BCUT2D eigenvalue weighted by Crippen LogP contribution is 2.37. The van der Waals surface area contributed by atoms with Gasteiger partial charge in [0, 0.05) is 37.4 Å². The van der Waals surface area contributed by atoms with E-state index in [9.17, 15) is 14.0 Å². The molecule has 0 atom stereocenters. The number of aromatic nitrogens is 2. The van der Waals surface area contributed by atoms with Crippen LogP contribution in [0.2, 0.25) is 18.1 Å². The van der Waals surface area contributed by atoms with Crippen LogP contribution in [0.3, 0.4) is 0 Å². The maximum absolute atomic E-state index is 14.6. The zero-order chi connectivity index (χ0) is 24.7. The van der Waals surface area contributed by atoms with Gasteiger partial charge in [0.1, 0.15) is 5.82 Å². The summed E-state index contributed by atoms with van der Waals surface area (Å²) in [7, 11) is -1.83. The normalized spacial score (nSPS) is 14.9. The van der Waals surface area contributed by atoms with E-state index >= 15 is 0 Å². The molecule has 1 aromatic heterocycles. The van der Waals surface area contributed by atoms with E-state index in [0.717, 1.165) is 10.9 Å². The van der Waals surface area contributed by atoms with Crippen molar-refractivity contribution in [2.24, 2.45) is 5.92 Å². The molecular weight excluding hydrogens is 449 g/mol. The Bertz CT molecular complexity index is 1280. The summed E-state index contributed by atoms with van der Waals surface area (Å²) in [5.41, 5.74) is 1.24. The number of hydrogen-bond donors (Lipinski definition) is 1. The molecule has 1 aliphatic rings. The molecule has 34 heavy (non-hydrogen) atoms. The van der Waals surface area contributed by atoms with E-state index in [2.05, 4.69) is 44.1 Å². The molecule has 0 spiro atoms. The van der Waals surface area contributed by atoms with Gasteiger partial charge in [0.25, 0.3) is 11.5 Å². The molecular formula is C26H32FN3O3Si. The molecule has 0 aliphatic carbocycles. The Morgan fingerprint density at radius 1 is 1.18 bits per heavy atom. The first-order valence-corrected chi connectivity index (χ1v) is 14.5. The number of aromatic amines is 1. The minimum absolute atomic E-state index is 0.0648. The van der Waals surface area contributed by atoms with Gasteiger partial charge in [-0.2, -0.15) is 5.10 Å². The average Bonchev–Trinajstić information content (AvgIpc) is 2.75. The van der Waals surface area contributed by atoms with Gasteiger partial charge in [0.15, 0.2) is 8.32 Å². The van der Waals surface area contributed by atoms with Gasteiger partial charge in [-0.15, -0.1) is 0 Å². The quantitative estimate of drug-likeness (QED) is 0.516. The Morgan fingerprint density at radius 2 is 1.85 bits per heavy atom. The number of nitrogens with one attached hydrogen (secondary N) is 1. The molecule has 4 rings (SSSR count). The molecule has 1 fully saturated rings. The zero-order valence-corrected chi connectivity index (χ0v) is 21.4. The molecule has 3 aromatic rings. The number of likely N-dealkylation sites (tertiary alicyclic amines) is 1. The van der Waals surface area contributed by atoms with Crippen LogP contribution in [0.5, 0.6) is 0 Å². The predicted octanol–water partition coefficient (Wildman–Crippen LogP) is 4.75. The fourth-order valence-corrected chi connectivity index (χ4v) is 4.99. The number of halogens is 1. The molecule has 0 radical (unpaired) electrons. The van der Waals surface area contributed by atoms with Crippen molar-refractivity contribution in [1.82, 2.24) is 15.1 Å². The van der Waals surface area contributed by atoms with Gasteiger partial charge in [-0.05, 0) is 41.9 Å². The standard InChI is InChI=1S/C26H32FN3O3Si/c1-26(2,3)34(4,5)33-16-18-14-30(15-18)25(32)21-12-17(10-11-22(21)27)13-23-19-8-6-7-9-20(19)24(31)29-28-23/h6-12,18H,13-16H2,1-5H3,(H,29,31). The van der Waals surface area contributed by atoms with Crippen molar-refractivity contribution in [3.63, 3.8) is 0 Å². The predicted molar refractivity (Wildman–Crippen MR) is 134 cm³/mol. The molecule has 0 unspecified atom stereocenters. The molecule has 1 saturated heterocycles. The summed E-state index contributed by atoms with van der Waals surface area (Å²) in [6.07, 6.45) is 0.376. The van der Waals surface area contributed by atoms with Gasteiger partial charge in [-0.1, -0.05) is 45.0 Å². The number of nitrogens with zero attached hydrogens (tertiary/aromatic N) is 2. The first-order valence-electron chi connectivity index (χ1n) is 11.6. The Balaban J connectivity index is 1.44. The second-order valence-corrected chi connectivity index (χ2v) is 15.5. The van der Waals surface area contributed by atoms with Crippen LogP contribution >= 0.6 is 0 Å². The highest BCUT2D eigenvalue weighted by molar-refractivity contribution is 6.74. The van der Waals surface area contributed by atoms with E-state index in [0.29, 0.717) is 37.2 Å². The van der Waals surface area contributed by atoms with Gasteiger partial charge in [-0.3, -0.25) is 9.59 Å². The summed E-state index contributed by atoms with van der Waals surface area (Å²) in [4.78, 5) is 26.7. The molecule has 1 N–H and O–H groups in total. The lowest BCUT2D eigenvalue weighted by Crippen LogP contribution is -2.53. The second kappa shape index (κ2) is 9.07. The minimum Gasteiger partial charge on any atom is -0.416 e. The highest BCUT2D eigenvalue weighted by Gasteiger charge is 2.39. The van der Waals surface area contributed by atoms with Crippen LogP contribution in [-0.2, 0) is 10.8 Å². The second-order valence-electron chi connectivity index (χ2n) is 10.7. The maximum atomic E-state index is 14.6. The number of amides is 1. The van der Waals surface area contributed by atoms with Crippen LogP contribution < -0.4 is 5.56 Å². The summed E-state index contributed by atoms with van der Waals surface area (Å²) >= 11 is 0. The molecule has 180 valence electrons. The van der Waals surface area contributed by atoms with Crippen molar-refractivity contribution in [2.75, 3.05) is 19.7 Å². The SMILES string of the molecule is CC(C)(C)[Si](C)(C)OCC1CN(C(=O)c2cc(Cc3n[nH]c(=O)c4ccccc34)ccc2F)C1. The number of hydrogen-bond acceptors (Lipinski definition) is 4. The van der Waals surface area contributed by atoms with Crippen LogP contribution in [-0.4, -0.2) is 49.0 Å². The zero-order valence-electron chi connectivity index (χ0n) is 20.4. The van der Waals surface area contributed by atoms with Gasteiger partial charge < -0.3 is 9.33 Å². The molecule has 1 amide bonds. The summed E-state index contributed by atoms with van der Waals surface area (Å²) in [6, 6.07) is 11.8. The Kier molecular flexibility index (Phi) is 6.48. The Morgan fingerprint density at radius 3 is 2.53 bits per heavy atom. The summed E-state index contributed by atoms with van der Waals surface area (Å²) in [6.45, 7) is 12.8.